The van der Waals surface area contributed by atoms with Crippen LogP contribution >= 0.6 is 23.2 Å². The van der Waals surface area contributed by atoms with Crippen LogP contribution in [0.5, 0.6) is 11.5 Å². The van der Waals surface area contributed by atoms with Crippen molar-refractivity contribution in [3.63, 3.8) is 0 Å². The predicted molar refractivity (Wildman–Crippen MR) is 129 cm³/mol. The number of halogens is 2. The highest BCUT2D eigenvalue weighted by Gasteiger charge is 2.30. The molecule has 2 unspecified atom stereocenters. The third kappa shape index (κ3) is 4.52. The van der Waals surface area contributed by atoms with E-state index in [2.05, 4.69) is 32.2 Å². The molecule has 1 saturated heterocycles. The first-order valence-corrected chi connectivity index (χ1v) is 10.9. The molecule has 0 bridgehead atoms. The summed E-state index contributed by atoms with van der Waals surface area (Å²) >= 11 is 12.9. The summed E-state index contributed by atoms with van der Waals surface area (Å²) in [5, 5.41) is 6.82. The first kappa shape index (κ1) is 23.8. The molecule has 0 spiro atoms. The Morgan fingerprint density at radius 3 is 2.53 bits per heavy atom. The van der Waals surface area contributed by atoms with Crippen LogP contribution < -0.4 is 25.7 Å². The minimum atomic E-state index is -0.462. The number of ether oxygens (including phenoxy) is 3. The lowest BCUT2D eigenvalue weighted by atomic mass is 10.0. The molecule has 1 aliphatic rings. The number of carbonyl (C=O) groups excluding carboxylic acids is 1. The van der Waals surface area contributed by atoms with E-state index >= 15 is 0 Å². The number of carbonyl (C=O) groups is 1. The van der Waals surface area contributed by atoms with Crippen molar-refractivity contribution in [3.8, 4) is 22.6 Å². The van der Waals surface area contributed by atoms with Gasteiger partial charge in [0, 0.05) is 23.2 Å². The molecule has 4 rings (SSSR count). The van der Waals surface area contributed by atoms with Crippen molar-refractivity contribution in [1.29, 1.82) is 0 Å². The highest BCUT2D eigenvalue weighted by molar-refractivity contribution is 6.41. The van der Waals surface area contributed by atoms with Crippen molar-refractivity contribution in [2.24, 2.45) is 0 Å². The van der Waals surface area contributed by atoms with Gasteiger partial charge in [-0.2, -0.15) is 4.98 Å². The fourth-order valence-electron chi connectivity index (χ4n) is 3.62. The number of pyridine rings is 1. The lowest BCUT2D eigenvalue weighted by Gasteiger charge is -2.19. The number of rotatable bonds is 7. The molecule has 0 saturated carbocycles. The standard InChI is InChI=1S/C22H21Cl2N5O5/c1-4-16(30)26-12-8-34-9-13(12)27-22-25-7-10-5-11(21(31)28-20(10)29-22)17-18(23)14(32-2)6-15(33-3)19(17)24/h4-7,12-13H,1,8-9H2,2-3H3,(H,26,30)(H2,25,27,28,29,31). The number of anilines is 1. The van der Waals surface area contributed by atoms with Crippen LogP contribution in [0.1, 0.15) is 0 Å². The molecule has 12 heteroatoms. The molecule has 0 aliphatic carbocycles. The number of H-pyrrole nitrogens is 1. The molecule has 2 atom stereocenters. The van der Waals surface area contributed by atoms with Crippen molar-refractivity contribution in [3.05, 3.63) is 51.4 Å². The van der Waals surface area contributed by atoms with E-state index in [9.17, 15) is 9.59 Å². The van der Waals surface area contributed by atoms with E-state index < -0.39 is 5.56 Å². The lowest BCUT2D eigenvalue weighted by Crippen LogP contribution is -2.45. The molecule has 10 nitrogen and oxygen atoms in total. The molecule has 1 amide bonds. The van der Waals surface area contributed by atoms with Gasteiger partial charge in [0.15, 0.2) is 0 Å². The second-order valence-electron chi connectivity index (χ2n) is 7.40. The van der Waals surface area contributed by atoms with E-state index in [1.54, 1.807) is 18.3 Å². The fraction of sp³-hybridized carbons (Fsp3) is 0.273. The lowest BCUT2D eigenvalue weighted by molar-refractivity contribution is -0.117. The van der Waals surface area contributed by atoms with Gasteiger partial charge in [0.1, 0.15) is 17.1 Å². The van der Waals surface area contributed by atoms with Crippen LogP contribution in [0.25, 0.3) is 22.2 Å². The van der Waals surface area contributed by atoms with Gasteiger partial charge in [-0.25, -0.2) is 4.98 Å². The van der Waals surface area contributed by atoms with Gasteiger partial charge >= 0.3 is 0 Å². The summed E-state index contributed by atoms with van der Waals surface area (Å²) in [6, 6.07) is 2.60. The Morgan fingerprint density at radius 2 is 1.88 bits per heavy atom. The van der Waals surface area contributed by atoms with Gasteiger partial charge in [-0.05, 0) is 12.1 Å². The summed E-state index contributed by atoms with van der Waals surface area (Å²) in [4.78, 5) is 36.1. The fourth-order valence-corrected chi connectivity index (χ4v) is 4.32. The molecule has 3 heterocycles. The van der Waals surface area contributed by atoms with E-state index in [1.165, 1.54) is 20.3 Å². The second-order valence-corrected chi connectivity index (χ2v) is 8.16. The number of aromatic nitrogens is 3. The number of aromatic amines is 1. The molecule has 2 aromatic heterocycles. The predicted octanol–water partition coefficient (Wildman–Crippen LogP) is 2.79. The van der Waals surface area contributed by atoms with Gasteiger partial charge in [-0.3, -0.25) is 9.59 Å². The van der Waals surface area contributed by atoms with Gasteiger partial charge in [0.05, 0.1) is 55.1 Å². The van der Waals surface area contributed by atoms with Gasteiger partial charge in [0.25, 0.3) is 5.56 Å². The highest BCUT2D eigenvalue weighted by Crippen LogP contribution is 2.45. The first-order chi connectivity index (χ1) is 16.4. The molecule has 3 aromatic rings. The van der Waals surface area contributed by atoms with Crippen molar-refractivity contribution in [2.45, 2.75) is 12.1 Å². The van der Waals surface area contributed by atoms with Crippen LogP contribution in [-0.2, 0) is 9.53 Å². The van der Waals surface area contributed by atoms with Crippen LogP contribution in [0.2, 0.25) is 10.0 Å². The van der Waals surface area contributed by atoms with Crippen molar-refractivity contribution < 1.29 is 19.0 Å². The van der Waals surface area contributed by atoms with E-state index in [4.69, 9.17) is 37.4 Å². The molecule has 0 radical (unpaired) electrons. The second kappa shape index (κ2) is 9.88. The summed E-state index contributed by atoms with van der Waals surface area (Å²) in [6.07, 6.45) is 2.75. The maximum absolute atomic E-state index is 13.0. The van der Waals surface area contributed by atoms with Crippen molar-refractivity contribution >= 4 is 46.1 Å². The summed E-state index contributed by atoms with van der Waals surface area (Å²) in [7, 11) is 2.90. The number of hydrogen-bond acceptors (Lipinski definition) is 8. The monoisotopic (exact) mass is 505 g/mol. The average Bonchev–Trinajstić information content (AvgIpc) is 3.25. The number of nitrogens with zero attached hydrogens (tertiary/aromatic N) is 2. The Labute approximate surface area is 204 Å². The topological polar surface area (TPSA) is 127 Å². The van der Waals surface area contributed by atoms with Crippen molar-refractivity contribution in [2.75, 3.05) is 32.8 Å². The zero-order chi connectivity index (χ0) is 24.4. The number of benzene rings is 1. The average molecular weight is 506 g/mol. The van der Waals surface area contributed by atoms with Gasteiger partial charge in [-0.15, -0.1) is 0 Å². The largest absolute Gasteiger partial charge is 0.495 e. The van der Waals surface area contributed by atoms with Crippen LogP contribution in [0.15, 0.2) is 35.8 Å². The van der Waals surface area contributed by atoms with Gasteiger partial charge in [0.2, 0.25) is 11.9 Å². The summed E-state index contributed by atoms with van der Waals surface area (Å²) in [6.45, 7) is 4.15. The summed E-state index contributed by atoms with van der Waals surface area (Å²) < 4.78 is 16.0. The molecule has 1 aliphatic heterocycles. The number of amides is 1. The Kier molecular flexibility index (Phi) is 6.92. The Balaban J connectivity index is 1.69. The minimum Gasteiger partial charge on any atom is -0.495 e. The number of hydrogen-bond donors (Lipinski definition) is 3. The first-order valence-electron chi connectivity index (χ1n) is 10.1. The van der Waals surface area contributed by atoms with Gasteiger partial charge in [-0.1, -0.05) is 29.8 Å². The summed E-state index contributed by atoms with van der Waals surface area (Å²) in [5.74, 6) is 0.587. The Morgan fingerprint density at radius 1 is 1.21 bits per heavy atom. The zero-order valence-electron chi connectivity index (χ0n) is 18.3. The van der Waals surface area contributed by atoms with E-state index in [0.717, 1.165) is 0 Å². The van der Waals surface area contributed by atoms with Crippen LogP contribution in [0, 0.1) is 0 Å². The van der Waals surface area contributed by atoms with E-state index in [0.29, 0.717) is 35.7 Å². The SMILES string of the molecule is C=CC(=O)NC1COCC1Nc1ncc2cc(-c3c(Cl)c(OC)cc(OC)c3Cl)c(=O)[nH]c2n1. The zero-order valence-corrected chi connectivity index (χ0v) is 19.8. The van der Waals surface area contributed by atoms with Crippen molar-refractivity contribution in [1.82, 2.24) is 20.3 Å². The molecule has 1 fully saturated rings. The van der Waals surface area contributed by atoms with Crippen LogP contribution in [0.4, 0.5) is 5.95 Å². The smallest absolute Gasteiger partial charge is 0.257 e. The number of nitrogens with one attached hydrogen (secondary N) is 3. The Hall–Kier alpha value is -3.34. The third-order valence-electron chi connectivity index (χ3n) is 5.34. The normalized spacial score (nSPS) is 17.4. The minimum absolute atomic E-state index is 0.172. The van der Waals surface area contributed by atoms with E-state index in [-0.39, 0.29) is 45.1 Å². The maximum Gasteiger partial charge on any atom is 0.257 e. The Bertz CT molecular complexity index is 1300. The molecule has 1 aromatic carbocycles. The highest BCUT2D eigenvalue weighted by atomic mass is 35.5. The molecule has 3 N–H and O–H groups in total. The van der Waals surface area contributed by atoms with Gasteiger partial charge < -0.3 is 29.8 Å². The maximum atomic E-state index is 13.0. The third-order valence-corrected chi connectivity index (χ3v) is 6.10. The quantitative estimate of drug-likeness (QED) is 0.418. The van der Waals surface area contributed by atoms with Crippen LogP contribution in [0.3, 0.4) is 0 Å². The van der Waals surface area contributed by atoms with E-state index in [1.807, 2.05) is 0 Å². The summed E-state index contributed by atoms with van der Waals surface area (Å²) in [5.41, 5.74) is 0.324. The number of methoxy groups -OCH3 is 2. The molecular formula is C22H21Cl2N5O5. The number of fused-ring (bicyclic) bond motifs is 1. The molecule has 178 valence electrons. The molecule has 34 heavy (non-hydrogen) atoms. The van der Waals surface area contributed by atoms with Crippen LogP contribution in [-0.4, -0.2) is 60.4 Å². The molecular weight excluding hydrogens is 485 g/mol.